The predicted octanol–water partition coefficient (Wildman–Crippen LogP) is 2.22. The number of hydrogen-bond acceptors (Lipinski definition) is 5. The standard InChI is InChI=1S/C14H18N2O4S/c1-3-13(16-14(17)20-2)12-6-4-5-11(9-12)7-8-21(18,19)10-15/h4-6,9-10,15H,3,7-8H2,1-2H3. The normalized spacial score (nSPS) is 12.0. The average molecular weight is 310 g/mol. The molecule has 0 spiro atoms. The Hall–Kier alpha value is -2.02. The van der Waals surface area contributed by atoms with Crippen molar-refractivity contribution in [1.29, 1.82) is 5.41 Å². The van der Waals surface area contributed by atoms with E-state index >= 15 is 0 Å². The molecular weight excluding hydrogens is 292 g/mol. The molecule has 0 heterocycles. The topological polar surface area (TPSA) is 96.7 Å². The lowest BCUT2D eigenvalue weighted by Crippen LogP contribution is -2.10. The van der Waals surface area contributed by atoms with Gasteiger partial charge < -0.3 is 4.74 Å². The minimum absolute atomic E-state index is 0.116. The number of aliphatic imine (C=N–C) groups is 1. The first-order valence-electron chi connectivity index (χ1n) is 6.40. The van der Waals surface area contributed by atoms with Crippen LogP contribution in [0.1, 0.15) is 24.5 Å². The number of nitrogens with zero attached hydrogens (tertiary/aromatic N) is 1. The molecule has 0 atom stereocenters. The van der Waals surface area contributed by atoms with Gasteiger partial charge in [0.2, 0.25) is 0 Å². The number of methoxy groups -OCH3 is 1. The molecule has 7 heteroatoms. The van der Waals surface area contributed by atoms with E-state index in [1.54, 1.807) is 24.3 Å². The Morgan fingerprint density at radius 3 is 2.71 bits per heavy atom. The molecule has 0 saturated carbocycles. The van der Waals surface area contributed by atoms with Gasteiger partial charge in [-0.1, -0.05) is 25.1 Å². The predicted molar refractivity (Wildman–Crippen MR) is 81.9 cm³/mol. The molecule has 1 rings (SSSR count). The smallest absolute Gasteiger partial charge is 0.433 e. The van der Waals surface area contributed by atoms with Crippen LogP contribution in [0, 0.1) is 5.41 Å². The van der Waals surface area contributed by atoms with Crippen molar-refractivity contribution in [3.63, 3.8) is 0 Å². The van der Waals surface area contributed by atoms with Crippen molar-refractivity contribution in [2.24, 2.45) is 4.99 Å². The molecule has 114 valence electrons. The summed E-state index contributed by atoms with van der Waals surface area (Å²) in [4.78, 5) is 15.1. The van der Waals surface area contributed by atoms with Crippen molar-refractivity contribution in [3.8, 4) is 0 Å². The van der Waals surface area contributed by atoms with Gasteiger partial charge in [-0.3, -0.25) is 5.41 Å². The van der Waals surface area contributed by atoms with Gasteiger partial charge in [0.15, 0.2) is 9.84 Å². The first-order valence-corrected chi connectivity index (χ1v) is 8.11. The monoisotopic (exact) mass is 310 g/mol. The molecule has 1 aromatic carbocycles. The highest BCUT2D eigenvalue weighted by atomic mass is 32.2. The largest absolute Gasteiger partial charge is 0.451 e. The maximum absolute atomic E-state index is 11.3. The van der Waals surface area contributed by atoms with Gasteiger partial charge in [-0.05, 0) is 30.0 Å². The van der Waals surface area contributed by atoms with Crippen LogP contribution < -0.4 is 0 Å². The summed E-state index contributed by atoms with van der Waals surface area (Å²) in [7, 11) is -2.18. The minimum Gasteiger partial charge on any atom is -0.451 e. The zero-order chi connectivity index (χ0) is 15.9. The molecule has 1 N–H and O–H groups in total. The van der Waals surface area contributed by atoms with E-state index in [1.807, 2.05) is 6.92 Å². The Morgan fingerprint density at radius 1 is 1.43 bits per heavy atom. The van der Waals surface area contributed by atoms with Gasteiger partial charge in [0, 0.05) is 0 Å². The Kier molecular flexibility index (Phi) is 6.23. The van der Waals surface area contributed by atoms with Crippen LogP contribution in [0.4, 0.5) is 4.79 Å². The van der Waals surface area contributed by atoms with Gasteiger partial charge in [-0.2, -0.15) is 4.99 Å². The van der Waals surface area contributed by atoms with E-state index in [0.29, 0.717) is 24.1 Å². The van der Waals surface area contributed by atoms with Crippen LogP contribution in [0.15, 0.2) is 29.3 Å². The lowest BCUT2D eigenvalue weighted by atomic mass is 10.0. The highest BCUT2D eigenvalue weighted by Gasteiger charge is 2.09. The third-order valence-electron chi connectivity index (χ3n) is 2.85. The van der Waals surface area contributed by atoms with Crippen molar-refractivity contribution >= 4 is 27.2 Å². The van der Waals surface area contributed by atoms with E-state index in [1.165, 1.54) is 7.11 Å². The second-order valence-corrected chi connectivity index (χ2v) is 6.29. The number of hydrogen-bond donors (Lipinski definition) is 1. The van der Waals surface area contributed by atoms with E-state index in [4.69, 9.17) is 5.41 Å². The summed E-state index contributed by atoms with van der Waals surface area (Å²) in [5.74, 6) is -0.116. The van der Waals surface area contributed by atoms with Crippen LogP contribution >= 0.6 is 0 Å². The molecule has 1 amide bonds. The quantitative estimate of drug-likeness (QED) is 0.643. The maximum Gasteiger partial charge on any atom is 0.433 e. The van der Waals surface area contributed by atoms with Crippen molar-refractivity contribution in [2.45, 2.75) is 19.8 Å². The number of amides is 1. The number of aryl methyl sites for hydroxylation is 1. The van der Waals surface area contributed by atoms with Crippen LogP contribution in [-0.4, -0.2) is 38.6 Å². The van der Waals surface area contributed by atoms with Crippen LogP contribution in [0.5, 0.6) is 0 Å². The van der Waals surface area contributed by atoms with Crippen molar-refractivity contribution < 1.29 is 17.9 Å². The van der Waals surface area contributed by atoms with Crippen LogP contribution in [0.25, 0.3) is 0 Å². The molecule has 1 aromatic rings. The maximum atomic E-state index is 11.3. The van der Waals surface area contributed by atoms with Gasteiger partial charge in [0.05, 0.1) is 18.6 Å². The fourth-order valence-electron chi connectivity index (χ4n) is 1.73. The summed E-state index contributed by atoms with van der Waals surface area (Å²) in [6, 6.07) is 7.18. The number of sulfone groups is 1. The van der Waals surface area contributed by atoms with Crippen molar-refractivity contribution in [3.05, 3.63) is 35.4 Å². The average Bonchev–Trinajstić information content (AvgIpc) is 2.50. The first kappa shape index (κ1) is 17.0. The molecule has 6 nitrogen and oxygen atoms in total. The summed E-state index contributed by atoms with van der Waals surface area (Å²) in [6.45, 7) is 1.87. The highest BCUT2D eigenvalue weighted by molar-refractivity contribution is 8.04. The number of benzene rings is 1. The van der Waals surface area contributed by atoms with E-state index in [0.717, 1.165) is 11.1 Å². The van der Waals surface area contributed by atoms with Gasteiger partial charge in [0.1, 0.15) is 5.55 Å². The Bertz CT molecular complexity index is 651. The van der Waals surface area contributed by atoms with Gasteiger partial charge in [-0.25, -0.2) is 13.2 Å². The SMILES string of the molecule is CCC(=NC(=O)OC)c1cccc(CCS(=O)(=O)C=N)c1. The number of rotatable bonds is 6. The molecule has 0 fully saturated rings. The summed E-state index contributed by atoms with van der Waals surface area (Å²) in [6.07, 6.45) is 0.196. The van der Waals surface area contributed by atoms with E-state index in [2.05, 4.69) is 9.73 Å². The molecule has 21 heavy (non-hydrogen) atoms. The molecule has 0 aliphatic heterocycles. The van der Waals surface area contributed by atoms with Crippen LogP contribution in [0.2, 0.25) is 0 Å². The van der Waals surface area contributed by atoms with Crippen LogP contribution in [-0.2, 0) is 21.0 Å². The Morgan fingerprint density at radius 2 is 2.14 bits per heavy atom. The Labute approximate surface area is 124 Å². The van der Waals surface area contributed by atoms with E-state index in [9.17, 15) is 13.2 Å². The molecule has 0 bridgehead atoms. The third-order valence-corrected chi connectivity index (χ3v) is 3.98. The molecular formula is C14H18N2O4S. The van der Waals surface area contributed by atoms with Gasteiger partial charge in [0.25, 0.3) is 0 Å². The molecule has 0 saturated heterocycles. The summed E-state index contributed by atoms with van der Waals surface area (Å²) in [5.41, 5.74) is 2.61. The highest BCUT2D eigenvalue weighted by Crippen LogP contribution is 2.11. The second-order valence-electron chi connectivity index (χ2n) is 4.32. The fourth-order valence-corrected chi connectivity index (χ4v) is 2.37. The lowest BCUT2D eigenvalue weighted by molar-refractivity contribution is 0.182. The van der Waals surface area contributed by atoms with Gasteiger partial charge in [-0.15, -0.1) is 0 Å². The molecule has 0 radical (unpaired) electrons. The zero-order valence-corrected chi connectivity index (χ0v) is 12.8. The molecule has 0 aromatic heterocycles. The number of ether oxygens (including phenoxy) is 1. The Balaban J connectivity index is 2.96. The van der Waals surface area contributed by atoms with E-state index in [-0.39, 0.29) is 5.75 Å². The molecule has 0 aliphatic carbocycles. The third kappa shape index (κ3) is 5.47. The molecule has 0 unspecified atom stereocenters. The number of carbonyl (C=O) groups is 1. The summed E-state index contributed by atoms with van der Waals surface area (Å²) < 4.78 is 27.1. The van der Waals surface area contributed by atoms with Crippen molar-refractivity contribution in [1.82, 2.24) is 0 Å². The van der Waals surface area contributed by atoms with Crippen LogP contribution in [0.3, 0.4) is 0 Å². The van der Waals surface area contributed by atoms with E-state index < -0.39 is 15.9 Å². The van der Waals surface area contributed by atoms with Crippen molar-refractivity contribution in [2.75, 3.05) is 12.9 Å². The summed E-state index contributed by atoms with van der Waals surface area (Å²) >= 11 is 0. The first-order chi connectivity index (χ1) is 9.91. The fraction of sp³-hybridized carbons (Fsp3) is 0.357. The summed E-state index contributed by atoms with van der Waals surface area (Å²) in [5, 5.41) is 6.83. The minimum atomic E-state index is -3.44. The molecule has 0 aliphatic rings. The zero-order valence-electron chi connectivity index (χ0n) is 12.0. The number of carbonyl (C=O) groups excluding carboxylic acids is 1. The number of nitrogens with one attached hydrogen (secondary N) is 1. The second kappa shape index (κ2) is 7.68. The van der Waals surface area contributed by atoms with Gasteiger partial charge >= 0.3 is 6.09 Å². The lowest BCUT2D eigenvalue weighted by Gasteiger charge is -2.06.